The van der Waals surface area contributed by atoms with E-state index in [0.717, 1.165) is 19.4 Å². The van der Waals surface area contributed by atoms with Crippen molar-refractivity contribution < 1.29 is 4.74 Å². The van der Waals surface area contributed by atoms with Crippen molar-refractivity contribution >= 4 is 0 Å². The molecule has 1 aliphatic rings. The summed E-state index contributed by atoms with van der Waals surface area (Å²) in [4.78, 5) is 0. The van der Waals surface area contributed by atoms with Crippen LogP contribution in [-0.4, -0.2) is 24.8 Å². The van der Waals surface area contributed by atoms with Gasteiger partial charge in [-0.05, 0) is 45.6 Å². The Morgan fingerprint density at radius 2 is 2.14 bits per heavy atom. The predicted octanol–water partition coefficient (Wildman–Crippen LogP) is 4.11. The minimum absolute atomic E-state index is 0.258. The molecule has 0 radical (unpaired) electrons. The van der Waals surface area contributed by atoms with Crippen LogP contribution in [0, 0.1) is 12.3 Å². The van der Waals surface area contributed by atoms with Crippen LogP contribution in [-0.2, 0) is 11.2 Å². The molecule has 0 aromatic heterocycles. The minimum atomic E-state index is 0.258. The second-order valence-corrected chi connectivity index (χ2v) is 7.15. The Bertz CT molecular complexity index is 455. The van der Waals surface area contributed by atoms with Crippen molar-refractivity contribution in [1.82, 2.24) is 5.32 Å². The van der Waals surface area contributed by atoms with Crippen LogP contribution in [0.15, 0.2) is 24.3 Å². The summed E-state index contributed by atoms with van der Waals surface area (Å²) in [6, 6.07) is 9.99. The average molecular weight is 289 g/mol. The van der Waals surface area contributed by atoms with E-state index < -0.39 is 0 Å². The maximum absolute atomic E-state index is 5.81. The lowest BCUT2D eigenvalue weighted by Crippen LogP contribution is -2.62. The number of nitrogens with one attached hydrogen (secondary N) is 1. The first-order valence-electron chi connectivity index (χ1n) is 8.36. The number of ether oxygens (including phenoxy) is 1. The smallest absolute Gasteiger partial charge is 0.0655 e. The van der Waals surface area contributed by atoms with Gasteiger partial charge in [-0.3, -0.25) is 0 Å². The molecule has 0 heterocycles. The third-order valence-corrected chi connectivity index (χ3v) is 4.98. The third kappa shape index (κ3) is 4.08. The van der Waals surface area contributed by atoms with Crippen LogP contribution < -0.4 is 5.32 Å². The molecular weight excluding hydrogens is 258 g/mol. The van der Waals surface area contributed by atoms with Gasteiger partial charge in [0.25, 0.3) is 0 Å². The second kappa shape index (κ2) is 6.93. The Labute approximate surface area is 130 Å². The Kier molecular flexibility index (Phi) is 5.45. The molecule has 1 fully saturated rings. The highest BCUT2D eigenvalue weighted by Gasteiger charge is 2.48. The molecule has 3 unspecified atom stereocenters. The van der Waals surface area contributed by atoms with Crippen LogP contribution in [0.5, 0.6) is 0 Å². The Morgan fingerprint density at radius 3 is 2.76 bits per heavy atom. The van der Waals surface area contributed by atoms with E-state index in [9.17, 15) is 0 Å². The van der Waals surface area contributed by atoms with Crippen LogP contribution in [0.25, 0.3) is 0 Å². The van der Waals surface area contributed by atoms with Crippen LogP contribution >= 0.6 is 0 Å². The normalized spacial score (nSPS) is 25.4. The van der Waals surface area contributed by atoms with Gasteiger partial charge in [-0.1, -0.05) is 43.7 Å². The highest BCUT2D eigenvalue weighted by atomic mass is 16.5. The lowest BCUT2D eigenvalue weighted by molar-refractivity contribution is -0.116. The van der Waals surface area contributed by atoms with E-state index in [0.29, 0.717) is 18.2 Å². The van der Waals surface area contributed by atoms with Gasteiger partial charge in [0.05, 0.1) is 6.10 Å². The van der Waals surface area contributed by atoms with Crippen molar-refractivity contribution in [2.75, 3.05) is 6.61 Å². The molecule has 0 amide bonds. The minimum Gasteiger partial charge on any atom is -0.378 e. The Hall–Kier alpha value is -0.860. The molecule has 1 aliphatic carbocycles. The molecular formula is C19H31NO. The van der Waals surface area contributed by atoms with Crippen LogP contribution in [0.3, 0.4) is 0 Å². The standard InChI is InChI=1S/C19H31NO/c1-6-21-18-13-17(19(18,4)5)20-15(3)10-11-16-9-7-8-14(2)12-16/h7-9,12,15,17-18,20H,6,10-11,13H2,1-5H3. The molecule has 2 nitrogen and oxygen atoms in total. The predicted molar refractivity (Wildman–Crippen MR) is 89.7 cm³/mol. The summed E-state index contributed by atoms with van der Waals surface area (Å²) < 4.78 is 5.81. The van der Waals surface area contributed by atoms with E-state index in [1.807, 2.05) is 0 Å². The lowest BCUT2D eigenvalue weighted by atomic mass is 9.64. The van der Waals surface area contributed by atoms with E-state index in [2.05, 4.69) is 64.2 Å². The summed E-state index contributed by atoms with van der Waals surface area (Å²) in [7, 11) is 0. The average Bonchev–Trinajstić information content (AvgIpc) is 2.44. The third-order valence-electron chi connectivity index (χ3n) is 4.98. The van der Waals surface area contributed by atoms with Gasteiger partial charge in [0.2, 0.25) is 0 Å². The first-order valence-corrected chi connectivity index (χ1v) is 8.36. The van der Waals surface area contributed by atoms with E-state index in [4.69, 9.17) is 4.74 Å². The van der Waals surface area contributed by atoms with Crippen molar-refractivity contribution in [3.8, 4) is 0 Å². The molecule has 1 aromatic carbocycles. The van der Waals surface area contributed by atoms with Crippen LogP contribution in [0.1, 0.15) is 51.7 Å². The molecule has 118 valence electrons. The first kappa shape index (κ1) is 16.5. The van der Waals surface area contributed by atoms with Gasteiger partial charge in [0.15, 0.2) is 0 Å². The van der Waals surface area contributed by atoms with Crippen molar-refractivity contribution in [2.24, 2.45) is 5.41 Å². The number of aryl methyl sites for hydroxylation is 2. The topological polar surface area (TPSA) is 21.3 Å². The van der Waals surface area contributed by atoms with Gasteiger partial charge < -0.3 is 10.1 Å². The van der Waals surface area contributed by atoms with Gasteiger partial charge in [0, 0.05) is 24.1 Å². The molecule has 0 aliphatic heterocycles. The molecule has 21 heavy (non-hydrogen) atoms. The molecule has 2 heteroatoms. The van der Waals surface area contributed by atoms with E-state index >= 15 is 0 Å². The monoisotopic (exact) mass is 289 g/mol. The lowest BCUT2D eigenvalue weighted by Gasteiger charge is -2.52. The zero-order chi connectivity index (χ0) is 15.5. The number of benzene rings is 1. The highest BCUT2D eigenvalue weighted by Crippen LogP contribution is 2.43. The summed E-state index contributed by atoms with van der Waals surface area (Å²) in [5, 5.41) is 3.80. The van der Waals surface area contributed by atoms with E-state index in [1.165, 1.54) is 17.5 Å². The van der Waals surface area contributed by atoms with Crippen molar-refractivity contribution in [3.63, 3.8) is 0 Å². The first-order chi connectivity index (χ1) is 9.93. The van der Waals surface area contributed by atoms with Crippen molar-refractivity contribution in [3.05, 3.63) is 35.4 Å². The summed E-state index contributed by atoms with van der Waals surface area (Å²) >= 11 is 0. The number of rotatable bonds is 7. The molecule has 0 spiro atoms. The summed E-state index contributed by atoms with van der Waals surface area (Å²) in [5.74, 6) is 0. The van der Waals surface area contributed by atoms with Crippen molar-refractivity contribution in [2.45, 2.75) is 72.1 Å². The summed E-state index contributed by atoms with van der Waals surface area (Å²) in [6.07, 6.45) is 3.91. The second-order valence-electron chi connectivity index (χ2n) is 7.15. The fraction of sp³-hybridized carbons (Fsp3) is 0.684. The molecule has 1 N–H and O–H groups in total. The largest absolute Gasteiger partial charge is 0.378 e. The van der Waals surface area contributed by atoms with Gasteiger partial charge in [-0.15, -0.1) is 0 Å². The maximum atomic E-state index is 5.81. The maximum Gasteiger partial charge on any atom is 0.0655 e. The Balaban J connectivity index is 1.77. The molecule has 3 atom stereocenters. The summed E-state index contributed by atoms with van der Waals surface area (Å²) in [5.41, 5.74) is 3.06. The zero-order valence-corrected chi connectivity index (χ0v) is 14.3. The molecule has 1 aromatic rings. The molecule has 1 saturated carbocycles. The van der Waals surface area contributed by atoms with Gasteiger partial charge >= 0.3 is 0 Å². The quantitative estimate of drug-likeness (QED) is 0.815. The van der Waals surface area contributed by atoms with Crippen LogP contribution in [0.2, 0.25) is 0 Å². The van der Waals surface area contributed by atoms with Gasteiger partial charge in [0.1, 0.15) is 0 Å². The molecule has 0 bridgehead atoms. The highest BCUT2D eigenvalue weighted by molar-refractivity contribution is 5.22. The van der Waals surface area contributed by atoms with Crippen LogP contribution in [0.4, 0.5) is 0 Å². The number of hydrogen-bond donors (Lipinski definition) is 1. The molecule has 0 saturated heterocycles. The summed E-state index contributed by atoms with van der Waals surface area (Å²) in [6.45, 7) is 12.0. The zero-order valence-electron chi connectivity index (χ0n) is 14.3. The SMILES string of the molecule is CCOC1CC(NC(C)CCc2cccc(C)c2)C1(C)C. The van der Waals surface area contributed by atoms with Gasteiger partial charge in [-0.25, -0.2) is 0 Å². The fourth-order valence-corrected chi connectivity index (χ4v) is 3.33. The van der Waals surface area contributed by atoms with E-state index in [-0.39, 0.29) is 5.41 Å². The molecule has 2 rings (SSSR count). The van der Waals surface area contributed by atoms with Crippen molar-refractivity contribution in [1.29, 1.82) is 0 Å². The van der Waals surface area contributed by atoms with E-state index in [1.54, 1.807) is 0 Å². The Morgan fingerprint density at radius 1 is 1.38 bits per heavy atom. The number of hydrogen-bond acceptors (Lipinski definition) is 2. The van der Waals surface area contributed by atoms with Gasteiger partial charge in [-0.2, -0.15) is 0 Å². The fourth-order valence-electron chi connectivity index (χ4n) is 3.33.